The molecule has 1 aliphatic rings. The van der Waals surface area contributed by atoms with Gasteiger partial charge in [-0.1, -0.05) is 67.8 Å². The molecule has 0 atom stereocenters. The fourth-order valence-electron chi connectivity index (χ4n) is 3.61. The van der Waals surface area contributed by atoms with Crippen LogP contribution in [0.5, 0.6) is 0 Å². The van der Waals surface area contributed by atoms with E-state index in [0.29, 0.717) is 0 Å². The van der Waals surface area contributed by atoms with Gasteiger partial charge in [0, 0.05) is 0 Å². The van der Waals surface area contributed by atoms with Crippen molar-refractivity contribution in [2.24, 2.45) is 0 Å². The minimum atomic E-state index is -0.626. The highest BCUT2D eigenvalue weighted by Crippen LogP contribution is 2.51. The second-order valence-corrected chi connectivity index (χ2v) is 5.63. The lowest BCUT2D eigenvalue weighted by Crippen LogP contribution is -2.44. The van der Waals surface area contributed by atoms with E-state index >= 15 is 0 Å². The molecular weight excluding hydrogens is 270 g/mol. The van der Waals surface area contributed by atoms with Crippen molar-refractivity contribution in [3.8, 4) is 23.5 Å². The van der Waals surface area contributed by atoms with E-state index in [2.05, 4.69) is 42.4 Å². The van der Waals surface area contributed by atoms with Gasteiger partial charge >= 0.3 is 0 Å². The predicted octanol–water partition coefficient (Wildman–Crippen LogP) is 3.50. The van der Waals surface area contributed by atoms with E-state index in [-0.39, 0.29) is 12.5 Å². The van der Waals surface area contributed by atoms with Gasteiger partial charge in [0.15, 0.2) is 0 Å². The Morgan fingerprint density at radius 2 is 1.64 bits per heavy atom. The van der Waals surface area contributed by atoms with Crippen LogP contribution in [-0.4, -0.2) is 12.5 Å². The molecule has 3 rings (SSSR count). The summed E-state index contributed by atoms with van der Waals surface area (Å²) < 4.78 is 0. The SMILES string of the molecule is C#CCNC(=O)C1(CCC)c2ccccc2-c2ccccc21. The molecule has 0 unspecified atom stereocenters. The first-order valence-corrected chi connectivity index (χ1v) is 7.67. The molecule has 0 saturated carbocycles. The Balaban J connectivity index is 2.25. The molecule has 0 radical (unpaired) electrons. The summed E-state index contributed by atoms with van der Waals surface area (Å²) in [6.45, 7) is 2.37. The Morgan fingerprint density at radius 3 is 2.14 bits per heavy atom. The van der Waals surface area contributed by atoms with Gasteiger partial charge < -0.3 is 5.32 Å². The van der Waals surface area contributed by atoms with Crippen LogP contribution in [0.2, 0.25) is 0 Å². The Kier molecular flexibility index (Phi) is 3.73. The Labute approximate surface area is 131 Å². The number of fused-ring (bicyclic) bond motifs is 3. The molecule has 0 aromatic heterocycles. The molecule has 0 fully saturated rings. The molecule has 1 amide bonds. The number of rotatable bonds is 4. The van der Waals surface area contributed by atoms with Crippen LogP contribution in [0, 0.1) is 12.3 Å². The molecule has 0 heterocycles. The van der Waals surface area contributed by atoms with E-state index < -0.39 is 5.41 Å². The van der Waals surface area contributed by atoms with E-state index in [1.807, 2.05) is 24.3 Å². The van der Waals surface area contributed by atoms with Gasteiger partial charge in [-0.15, -0.1) is 6.42 Å². The topological polar surface area (TPSA) is 29.1 Å². The number of hydrogen-bond acceptors (Lipinski definition) is 1. The first kappa shape index (κ1) is 14.4. The lowest BCUT2D eigenvalue weighted by molar-refractivity contribution is -0.125. The highest BCUT2D eigenvalue weighted by Gasteiger charge is 2.47. The Hall–Kier alpha value is -2.53. The molecular formula is C20H19NO. The average Bonchev–Trinajstić information content (AvgIpc) is 2.85. The maximum Gasteiger partial charge on any atom is 0.235 e. The molecule has 110 valence electrons. The summed E-state index contributed by atoms with van der Waals surface area (Å²) >= 11 is 0. The summed E-state index contributed by atoms with van der Waals surface area (Å²) in [5, 5.41) is 2.91. The number of carbonyl (C=O) groups is 1. The minimum Gasteiger partial charge on any atom is -0.344 e. The van der Waals surface area contributed by atoms with Crippen LogP contribution >= 0.6 is 0 Å². The highest BCUT2D eigenvalue weighted by atomic mass is 16.2. The fourth-order valence-corrected chi connectivity index (χ4v) is 3.61. The van der Waals surface area contributed by atoms with Crippen molar-refractivity contribution in [1.82, 2.24) is 5.32 Å². The molecule has 0 aliphatic heterocycles. The molecule has 0 bridgehead atoms. The molecule has 2 aromatic rings. The van der Waals surface area contributed by atoms with Gasteiger partial charge in [-0.2, -0.15) is 0 Å². The van der Waals surface area contributed by atoms with Gasteiger partial charge in [-0.05, 0) is 28.7 Å². The van der Waals surface area contributed by atoms with Gasteiger partial charge in [0.05, 0.1) is 6.54 Å². The van der Waals surface area contributed by atoms with Gasteiger partial charge in [0.25, 0.3) is 0 Å². The molecule has 0 saturated heterocycles. The smallest absolute Gasteiger partial charge is 0.235 e. The molecule has 2 heteroatoms. The quantitative estimate of drug-likeness (QED) is 0.858. The van der Waals surface area contributed by atoms with Crippen LogP contribution in [0.4, 0.5) is 0 Å². The second-order valence-electron chi connectivity index (χ2n) is 5.63. The Morgan fingerprint density at radius 1 is 1.09 bits per heavy atom. The van der Waals surface area contributed by atoms with Crippen LogP contribution in [0.1, 0.15) is 30.9 Å². The monoisotopic (exact) mass is 289 g/mol. The summed E-state index contributed by atoms with van der Waals surface area (Å²) in [5.74, 6) is 2.50. The summed E-state index contributed by atoms with van der Waals surface area (Å²) in [6, 6.07) is 16.4. The average molecular weight is 289 g/mol. The van der Waals surface area contributed by atoms with Crippen molar-refractivity contribution in [3.05, 3.63) is 59.7 Å². The normalized spacial score (nSPS) is 13.8. The third-order valence-corrected chi connectivity index (χ3v) is 4.43. The maximum atomic E-state index is 13.0. The standard InChI is InChI=1S/C20H19NO/c1-3-13-20(19(22)21-14-4-2)17-11-7-5-9-15(17)16-10-6-8-12-18(16)20/h2,5-12H,3,13-14H2,1H3,(H,21,22). The second kappa shape index (κ2) is 5.69. The van der Waals surface area contributed by atoms with Gasteiger partial charge in [0.1, 0.15) is 5.41 Å². The van der Waals surface area contributed by atoms with Crippen molar-refractivity contribution < 1.29 is 4.79 Å². The lowest BCUT2D eigenvalue weighted by Gasteiger charge is -2.30. The number of amides is 1. The first-order valence-electron chi connectivity index (χ1n) is 7.67. The maximum absolute atomic E-state index is 13.0. The van der Waals surface area contributed by atoms with E-state index in [1.165, 1.54) is 0 Å². The number of carbonyl (C=O) groups excluding carboxylic acids is 1. The van der Waals surface area contributed by atoms with Gasteiger partial charge in [-0.25, -0.2) is 0 Å². The van der Waals surface area contributed by atoms with Crippen LogP contribution in [0.25, 0.3) is 11.1 Å². The Bertz CT molecular complexity index is 709. The zero-order valence-electron chi connectivity index (χ0n) is 12.7. The number of terminal acetylenes is 1. The van der Waals surface area contributed by atoms with Crippen LogP contribution in [0.15, 0.2) is 48.5 Å². The lowest BCUT2D eigenvalue weighted by atomic mass is 9.74. The van der Waals surface area contributed by atoms with Crippen molar-refractivity contribution in [2.75, 3.05) is 6.54 Å². The zero-order chi connectivity index (χ0) is 15.6. The number of nitrogens with one attached hydrogen (secondary N) is 1. The molecule has 1 N–H and O–H groups in total. The molecule has 2 nitrogen and oxygen atoms in total. The van der Waals surface area contributed by atoms with Crippen molar-refractivity contribution in [3.63, 3.8) is 0 Å². The van der Waals surface area contributed by atoms with Gasteiger partial charge in [-0.3, -0.25) is 4.79 Å². The van der Waals surface area contributed by atoms with Crippen LogP contribution < -0.4 is 5.32 Å². The number of benzene rings is 2. The summed E-state index contributed by atoms with van der Waals surface area (Å²) in [6.07, 6.45) is 7.02. The fraction of sp³-hybridized carbons (Fsp3) is 0.250. The molecule has 1 aliphatic carbocycles. The summed E-state index contributed by atoms with van der Waals surface area (Å²) in [7, 11) is 0. The van der Waals surface area contributed by atoms with E-state index in [4.69, 9.17) is 6.42 Å². The predicted molar refractivity (Wildman–Crippen MR) is 89.4 cm³/mol. The van der Waals surface area contributed by atoms with Crippen molar-refractivity contribution in [2.45, 2.75) is 25.2 Å². The van der Waals surface area contributed by atoms with Crippen molar-refractivity contribution in [1.29, 1.82) is 0 Å². The van der Waals surface area contributed by atoms with Crippen molar-refractivity contribution >= 4 is 5.91 Å². The third-order valence-electron chi connectivity index (χ3n) is 4.43. The summed E-state index contributed by atoms with van der Waals surface area (Å²) in [5.41, 5.74) is 3.86. The molecule has 2 aromatic carbocycles. The van der Waals surface area contributed by atoms with E-state index in [9.17, 15) is 4.79 Å². The zero-order valence-corrected chi connectivity index (χ0v) is 12.7. The molecule has 0 spiro atoms. The largest absolute Gasteiger partial charge is 0.344 e. The van der Waals surface area contributed by atoms with Gasteiger partial charge in [0.2, 0.25) is 5.91 Å². The van der Waals surface area contributed by atoms with Crippen LogP contribution in [0.3, 0.4) is 0 Å². The third kappa shape index (κ3) is 1.94. The minimum absolute atomic E-state index is 0.00435. The van der Waals surface area contributed by atoms with E-state index in [0.717, 1.165) is 35.1 Å². The van der Waals surface area contributed by atoms with Crippen LogP contribution in [-0.2, 0) is 10.2 Å². The highest BCUT2D eigenvalue weighted by molar-refractivity contribution is 6.00. The molecule has 22 heavy (non-hydrogen) atoms. The number of hydrogen-bond donors (Lipinski definition) is 1. The summed E-state index contributed by atoms with van der Waals surface area (Å²) in [4.78, 5) is 13.0. The van der Waals surface area contributed by atoms with E-state index in [1.54, 1.807) is 0 Å². The first-order chi connectivity index (χ1) is 10.8.